The van der Waals surface area contributed by atoms with E-state index in [2.05, 4.69) is 0 Å². The Bertz CT molecular complexity index is 1090. The van der Waals surface area contributed by atoms with Gasteiger partial charge in [-0.15, -0.1) is 0 Å². The van der Waals surface area contributed by atoms with E-state index in [1.807, 2.05) is 55.5 Å². The van der Waals surface area contributed by atoms with Crippen molar-refractivity contribution in [1.82, 2.24) is 9.80 Å². The predicted octanol–water partition coefficient (Wildman–Crippen LogP) is 3.11. The Balaban J connectivity index is 1.46. The van der Waals surface area contributed by atoms with Crippen LogP contribution >= 0.6 is 0 Å². The van der Waals surface area contributed by atoms with Crippen molar-refractivity contribution in [2.45, 2.75) is 44.1 Å². The molecule has 0 aromatic heterocycles. The van der Waals surface area contributed by atoms with Crippen LogP contribution < -0.4 is 9.47 Å². The third-order valence-electron chi connectivity index (χ3n) is 7.20. The first kappa shape index (κ1) is 25.7. The van der Waals surface area contributed by atoms with Gasteiger partial charge in [-0.2, -0.15) is 0 Å². The number of imide groups is 1. The van der Waals surface area contributed by atoms with Gasteiger partial charge in [-0.05, 0) is 42.3 Å². The van der Waals surface area contributed by atoms with Crippen molar-refractivity contribution in [2.75, 3.05) is 40.5 Å². The maximum atomic E-state index is 13.7. The number of hydrogen-bond acceptors (Lipinski definition) is 6. The topological polar surface area (TPSA) is 85.4 Å². The summed E-state index contributed by atoms with van der Waals surface area (Å²) in [6, 6.07) is 15.0. The van der Waals surface area contributed by atoms with Gasteiger partial charge in [0.2, 0.25) is 17.7 Å². The first-order chi connectivity index (χ1) is 17.4. The Morgan fingerprint density at radius 3 is 2.31 bits per heavy atom. The van der Waals surface area contributed by atoms with E-state index in [1.54, 1.807) is 12.0 Å². The van der Waals surface area contributed by atoms with Crippen LogP contribution in [0.3, 0.4) is 0 Å². The fourth-order valence-corrected chi connectivity index (χ4v) is 5.20. The van der Waals surface area contributed by atoms with Crippen LogP contribution in [0, 0.1) is 6.92 Å². The lowest BCUT2D eigenvalue weighted by molar-refractivity contribution is -0.143. The average molecular weight is 495 g/mol. The van der Waals surface area contributed by atoms with Gasteiger partial charge in [0.25, 0.3) is 0 Å². The fraction of sp³-hybridized carbons (Fsp3) is 0.464. The molecule has 2 saturated heterocycles. The molecule has 192 valence electrons. The number of likely N-dealkylation sites (tertiary alicyclic amines) is 2. The molecular formula is C28H34N2O6. The number of benzene rings is 2. The Morgan fingerprint density at radius 2 is 1.67 bits per heavy atom. The molecule has 8 heteroatoms. The minimum absolute atomic E-state index is 0.00648. The van der Waals surface area contributed by atoms with Crippen LogP contribution in [0.1, 0.15) is 36.8 Å². The van der Waals surface area contributed by atoms with E-state index in [-0.39, 0.29) is 49.8 Å². The Hall–Kier alpha value is -3.39. The minimum Gasteiger partial charge on any atom is -0.497 e. The van der Waals surface area contributed by atoms with Gasteiger partial charge in [0.05, 0.1) is 25.7 Å². The number of aryl methyl sites for hydroxylation is 1. The Kier molecular flexibility index (Phi) is 7.94. The van der Waals surface area contributed by atoms with Crippen LogP contribution in [0.25, 0.3) is 0 Å². The SMILES string of the molecule is COCCN1C(=O)CC(CC(=O)N2CCC(Oc3ccc(OC)cc3)CC2)(c2ccccc2C)C1=O. The van der Waals surface area contributed by atoms with E-state index in [1.165, 1.54) is 12.0 Å². The minimum atomic E-state index is -1.19. The molecule has 0 bridgehead atoms. The summed E-state index contributed by atoms with van der Waals surface area (Å²) in [6.07, 6.45) is 1.36. The van der Waals surface area contributed by atoms with Gasteiger partial charge >= 0.3 is 0 Å². The summed E-state index contributed by atoms with van der Waals surface area (Å²) < 4.78 is 16.4. The van der Waals surface area contributed by atoms with Crippen molar-refractivity contribution in [2.24, 2.45) is 0 Å². The van der Waals surface area contributed by atoms with Crippen molar-refractivity contribution in [3.05, 3.63) is 59.7 Å². The Labute approximate surface area is 212 Å². The lowest BCUT2D eigenvalue weighted by Gasteiger charge is -2.35. The zero-order valence-electron chi connectivity index (χ0n) is 21.2. The summed E-state index contributed by atoms with van der Waals surface area (Å²) in [7, 11) is 3.16. The molecule has 0 aliphatic carbocycles. The van der Waals surface area contributed by atoms with Gasteiger partial charge in [0.15, 0.2) is 0 Å². The van der Waals surface area contributed by atoms with Gasteiger partial charge in [0, 0.05) is 45.9 Å². The maximum absolute atomic E-state index is 13.7. The quantitative estimate of drug-likeness (QED) is 0.498. The lowest BCUT2D eigenvalue weighted by atomic mass is 9.73. The average Bonchev–Trinajstić information content (AvgIpc) is 3.12. The molecule has 2 aliphatic rings. The molecule has 8 nitrogen and oxygen atoms in total. The maximum Gasteiger partial charge on any atom is 0.240 e. The van der Waals surface area contributed by atoms with E-state index < -0.39 is 5.41 Å². The summed E-state index contributed by atoms with van der Waals surface area (Å²) in [4.78, 5) is 43.1. The van der Waals surface area contributed by atoms with E-state index in [0.717, 1.165) is 22.6 Å². The summed E-state index contributed by atoms with van der Waals surface area (Å²) in [5, 5.41) is 0. The number of amides is 3. The number of ether oxygens (including phenoxy) is 3. The van der Waals surface area contributed by atoms with Gasteiger partial charge in [-0.3, -0.25) is 19.3 Å². The van der Waals surface area contributed by atoms with Crippen molar-refractivity contribution in [3.8, 4) is 11.5 Å². The largest absolute Gasteiger partial charge is 0.497 e. The number of carbonyl (C=O) groups excluding carboxylic acids is 3. The van der Waals surface area contributed by atoms with Crippen LogP contribution in [0.2, 0.25) is 0 Å². The molecule has 2 aromatic rings. The molecule has 1 unspecified atom stereocenters. The molecule has 4 rings (SSSR count). The molecular weight excluding hydrogens is 460 g/mol. The molecule has 2 heterocycles. The molecule has 1 atom stereocenters. The standard InChI is InChI=1S/C28H34N2O6/c1-20-6-4-5-7-24(20)28(19-26(32)30(27(28)33)16-17-34-2)18-25(31)29-14-12-23(13-15-29)36-22-10-8-21(35-3)9-11-22/h4-11,23H,12-19H2,1-3H3. The molecule has 0 N–H and O–H groups in total. The summed E-state index contributed by atoms with van der Waals surface area (Å²) in [5.41, 5.74) is 0.449. The molecule has 2 aromatic carbocycles. The third kappa shape index (κ3) is 5.23. The Morgan fingerprint density at radius 1 is 1.00 bits per heavy atom. The van der Waals surface area contributed by atoms with E-state index in [0.29, 0.717) is 25.9 Å². The number of piperidine rings is 1. The van der Waals surface area contributed by atoms with Crippen molar-refractivity contribution < 1.29 is 28.6 Å². The lowest BCUT2D eigenvalue weighted by Crippen LogP contribution is -2.47. The normalized spacial score (nSPS) is 20.6. The summed E-state index contributed by atoms with van der Waals surface area (Å²) in [6.45, 7) is 3.44. The predicted molar refractivity (Wildman–Crippen MR) is 134 cm³/mol. The first-order valence-corrected chi connectivity index (χ1v) is 12.4. The van der Waals surface area contributed by atoms with E-state index >= 15 is 0 Å². The van der Waals surface area contributed by atoms with E-state index in [4.69, 9.17) is 14.2 Å². The highest BCUT2D eigenvalue weighted by molar-refractivity contribution is 6.11. The van der Waals surface area contributed by atoms with E-state index in [9.17, 15) is 14.4 Å². The second-order valence-corrected chi connectivity index (χ2v) is 9.47. The molecule has 0 saturated carbocycles. The summed E-state index contributed by atoms with van der Waals surface area (Å²) >= 11 is 0. The highest BCUT2D eigenvalue weighted by Crippen LogP contribution is 2.42. The molecule has 2 fully saturated rings. The van der Waals surface area contributed by atoms with Crippen LogP contribution in [-0.2, 0) is 24.5 Å². The van der Waals surface area contributed by atoms with Gasteiger partial charge in [-0.1, -0.05) is 24.3 Å². The second kappa shape index (κ2) is 11.1. The van der Waals surface area contributed by atoms with Gasteiger partial charge in [0.1, 0.15) is 17.6 Å². The van der Waals surface area contributed by atoms with Crippen LogP contribution in [0.5, 0.6) is 11.5 Å². The monoisotopic (exact) mass is 494 g/mol. The van der Waals surface area contributed by atoms with Crippen LogP contribution in [-0.4, -0.2) is 74.1 Å². The van der Waals surface area contributed by atoms with Gasteiger partial charge in [-0.25, -0.2) is 0 Å². The van der Waals surface area contributed by atoms with Crippen LogP contribution in [0.15, 0.2) is 48.5 Å². The number of carbonyl (C=O) groups is 3. The van der Waals surface area contributed by atoms with Crippen molar-refractivity contribution in [3.63, 3.8) is 0 Å². The zero-order chi connectivity index (χ0) is 25.7. The smallest absolute Gasteiger partial charge is 0.240 e. The fourth-order valence-electron chi connectivity index (χ4n) is 5.20. The molecule has 36 heavy (non-hydrogen) atoms. The third-order valence-corrected chi connectivity index (χ3v) is 7.20. The summed E-state index contributed by atoms with van der Waals surface area (Å²) in [5.74, 6) is 0.844. The number of nitrogens with zero attached hydrogens (tertiary/aromatic N) is 2. The molecule has 0 spiro atoms. The number of methoxy groups -OCH3 is 2. The highest BCUT2D eigenvalue weighted by Gasteiger charge is 2.54. The van der Waals surface area contributed by atoms with Gasteiger partial charge < -0.3 is 19.1 Å². The molecule has 0 radical (unpaired) electrons. The number of rotatable bonds is 9. The first-order valence-electron chi connectivity index (χ1n) is 12.4. The number of hydrogen-bond donors (Lipinski definition) is 0. The molecule has 2 aliphatic heterocycles. The zero-order valence-corrected chi connectivity index (χ0v) is 21.2. The highest BCUT2D eigenvalue weighted by atomic mass is 16.5. The van der Waals surface area contributed by atoms with Crippen molar-refractivity contribution in [1.29, 1.82) is 0 Å². The van der Waals surface area contributed by atoms with Crippen molar-refractivity contribution >= 4 is 17.7 Å². The molecule has 3 amide bonds. The van der Waals surface area contributed by atoms with Crippen LogP contribution in [0.4, 0.5) is 0 Å². The second-order valence-electron chi connectivity index (χ2n) is 9.47.